The second-order valence-corrected chi connectivity index (χ2v) is 6.07. The first-order valence-corrected chi connectivity index (χ1v) is 7.89. The molecule has 1 aromatic heterocycles. The molecule has 5 nitrogen and oxygen atoms in total. The highest BCUT2D eigenvalue weighted by Crippen LogP contribution is 2.26. The van der Waals surface area contributed by atoms with E-state index in [-0.39, 0.29) is 5.75 Å². The van der Waals surface area contributed by atoms with Crippen molar-refractivity contribution in [2.45, 2.75) is 18.1 Å². The summed E-state index contributed by atoms with van der Waals surface area (Å²) in [4.78, 5) is 15.2. The molecule has 0 bridgehead atoms. The van der Waals surface area contributed by atoms with Crippen LogP contribution in [0.25, 0.3) is 11.0 Å². The number of carbonyl (C=O) groups is 1. The normalized spacial score (nSPS) is 11.1. The molecule has 2 rings (SSSR count). The van der Waals surface area contributed by atoms with E-state index in [0.29, 0.717) is 6.61 Å². The predicted molar refractivity (Wildman–Crippen MR) is 82.3 cm³/mol. The molecule has 0 amide bonds. The first-order chi connectivity index (χ1) is 9.61. The Morgan fingerprint density at radius 1 is 1.55 bits per heavy atom. The van der Waals surface area contributed by atoms with E-state index in [1.807, 2.05) is 18.2 Å². The number of hydrogen-bond donors (Lipinski definition) is 1. The summed E-state index contributed by atoms with van der Waals surface area (Å²) >= 11 is 4.66. The average Bonchev–Trinajstić information content (AvgIpc) is 2.74. The minimum absolute atomic E-state index is 0.00870. The van der Waals surface area contributed by atoms with Gasteiger partial charge in [-0.15, -0.1) is 0 Å². The highest BCUT2D eigenvalue weighted by molar-refractivity contribution is 9.10. The van der Waals surface area contributed by atoms with Crippen molar-refractivity contribution in [2.24, 2.45) is 0 Å². The van der Waals surface area contributed by atoms with Crippen LogP contribution in [0.2, 0.25) is 0 Å². The number of hydrogen-bond acceptors (Lipinski definition) is 4. The number of aromatic nitrogens is 2. The summed E-state index contributed by atoms with van der Waals surface area (Å²) in [6.45, 7) is 1.42. The number of ether oxygens (including phenoxy) is 1. The quantitative estimate of drug-likeness (QED) is 0.608. The van der Waals surface area contributed by atoms with Gasteiger partial charge in [-0.2, -0.15) is 0 Å². The van der Waals surface area contributed by atoms with E-state index in [1.165, 1.54) is 11.8 Å². The van der Waals surface area contributed by atoms with E-state index < -0.39 is 5.97 Å². The van der Waals surface area contributed by atoms with Gasteiger partial charge in [0.05, 0.1) is 16.8 Å². The summed E-state index contributed by atoms with van der Waals surface area (Å²) in [6.07, 6.45) is 0.860. The van der Waals surface area contributed by atoms with E-state index in [4.69, 9.17) is 9.84 Å². The summed E-state index contributed by atoms with van der Waals surface area (Å²) in [5.74, 6) is -0.832. The van der Waals surface area contributed by atoms with Gasteiger partial charge in [0.2, 0.25) is 0 Å². The fourth-order valence-electron chi connectivity index (χ4n) is 1.90. The molecule has 0 saturated heterocycles. The fraction of sp³-hybridized carbons (Fsp3) is 0.385. The highest BCUT2D eigenvalue weighted by Gasteiger charge is 2.12. The first-order valence-electron chi connectivity index (χ1n) is 6.11. The minimum Gasteiger partial charge on any atom is -0.481 e. The maximum absolute atomic E-state index is 10.7. The molecule has 0 radical (unpaired) electrons. The number of benzene rings is 1. The van der Waals surface area contributed by atoms with Crippen LogP contribution < -0.4 is 0 Å². The van der Waals surface area contributed by atoms with Crippen LogP contribution in [-0.2, 0) is 16.1 Å². The zero-order valence-electron chi connectivity index (χ0n) is 11.0. The van der Waals surface area contributed by atoms with Crippen LogP contribution >= 0.6 is 27.7 Å². The summed E-state index contributed by atoms with van der Waals surface area (Å²) in [5, 5.41) is 9.55. The van der Waals surface area contributed by atoms with Crippen molar-refractivity contribution in [1.82, 2.24) is 9.55 Å². The Hall–Kier alpha value is -1.05. The molecule has 1 aromatic carbocycles. The number of imidazole rings is 1. The Labute approximate surface area is 129 Å². The van der Waals surface area contributed by atoms with Gasteiger partial charge < -0.3 is 14.4 Å². The second-order valence-electron chi connectivity index (χ2n) is 4.21. The van der Waals surface area contributed by atoms with Crippen LogP contribution in [0.1, 0.15) is 6.42 Å². The molecule has 7 heteroatoms. The first kappa shape index (κ1) is 15.3. The summed E-state index contributed by atoms with van der Waals surface area (Å²) in [6, 6.07) is 5.89. The number of carboxylic acid groups (broad SMARTS) is 1. The Morgan fingerprint density at radius 2 is 2.35 bits per heavy atom. The number of nitrogens with zero attached hydrogens (tertiary/aromatic N) is 2. The van der Waals surface area contributed by atoms with Crippen LogP contribution in [0.5, 0.6) is 0 Å². The largest absolute Gasteiger partial charge is 0.481 e. The third kappa shape index (κ3) is 3.74. The topological polar surface area (TPSA) is 64.3 Å². The molecule has 0 atom stereocenters. The number of carboxylic acids is 1. The van der Waals surface area contributed by atoms with Gasteiger partial charge in [-0.1, -0.05) is 27.7 Å². The number of aliphatic carboxylic acids is 1. The molecule has 0 aliphatic rings. The maximum Gasteiger partial charge on any atom is 0.313 e. The van der Waals surface area contributed by atoms with Crippen molar-refractivity contribution in [3.8, 4) is 0 Å². The van der Waals surface area contributed by atoms with Gasteiger partial charge in [0.15, 0.2) is 5.16 Å². The summed E-state index contributed by atoms with van der Waals surface area (Å²) in [7, 11) is 1.67. The van der Waals surface area contributed by atoms with Crippen molar-refractivity contribution in [3.63, 3.8) is 0 Å². The molecule has 1 heterocycles. The number of fused-ring (bicyclic) bond motifs is 1. The number of thioether (sulfide) groups is 1. The second kappa shape index (κ2) is 7.10. The van der Waals surface area contributed by atoms with E-state index in [2.05, 4.69) is 25.5 Å². The van der Waals surface area contributed by atoms with Crippen LogP contribution in [-0.4, -0.2) is 40.1 Å². The molecule has 0 unspecified atom stereocenters. The van der Waals surface area contributed by atoms with Gasteiger partial charge in [0.25, 0.3) is 0 Å². The number of aryl methyl sites for hydroxylation is 1. The van der Waals surface area contributed by atoms with Crippen molar-refractivity contribution in [2.75, 3.05) is 19.5 Å². The Balaban J connectivity index is 2.31. The van der Waals surface area contributed by atoms with Crippen LogP contribution in [0, 0.1) is 0 Å². The predicted octanol–water partition coefficient (Wildman–Crippen LogP) is 3.01. The lowest BCUT2D eigenvalue weighted by atomic mass is 10.3. The molecule has 2 aromatic rings. The smallest absolute Gasteiger partial charge is 0.313 e. The summed E-state index contributed by atoms with van der Waals surface area (Å²) in [5.41, 5.74) is 1.88. The molecule has 0 saturated carbocycles. The molecule has 0 aliphatic heterocycles. The lowest BCUT2D eigenvalue weighted by Gasteiger charge is -2.07. The monoisotopic (exact) mass is 358 g/mol. The number of halogens is 1. The van der Waals surface area contributed by atoms with Crippen molar-refractivity contribution >= 4 is 44.7 Å². The molecule has 108 valence electrons. The van der Waals surface area contributed by atoms with Crippen molar-refractivity contribution < 1.29 is 14.6 Å². The van der Waals surface area contributed by atoms with Gasteiger partial charge in [-0.05, 0) is 24.6 Å². The average molecular weight is 359 g/mol. The SMILES string of the molecule is COCCCn1c(SCC(=O)O)nc2cc(Br)ccc21. The van der Waals surface area contributed by atoms with Crippen LogP contribution in [0.15, 0.2) is 27.8 Å². The Bertz CT molecular complexity index is 615. The molecule has 0 fully saturated rings. The van der Waals surface area contributed by atoms with Gasteiger partial charge in [0, 0.05) is 24.7 Å². The third-order valence-corrected chi connectivity index (χ3v) is 4.18. The van der Waals surface area contributed by atoms with Crippen LogP contribution in [0.3, 0.4) is 0 Å². The number of methoxy groups -OCH3 is 1. The zero-order valence-corrected chi connectivity index (χ0v) is 13.4. The van der Waals surface area contributed by atoms with E-state index in [1.54, 1.807) is 7.11 Å². The van der Waals surface area contributed by atoms with E-state index in [9.17, 15) is 4.79 Å². The third-order valence-electron chi connectivity index (χ3n) is 2.73. The molecular formula is C13H15BrN2O3S. The van der Waals surface area contributed by atoms with E-state index >= 15 is 0 Å². The Morgan fingerprint density at radius 3 is 3.05 bits per heavy atom. The maximum atomic E-state index is 10.7. The molecule has 1 N–H and O–H groups in total. The highest BCUT2D eigenvalue weighted by atomic mass is 79.9. The molecule has 20 heavy (non-hydrogen) atoms. The minimum atomic E-state index is -0.841. The van der Waals surface area contributed by atoms with Gasteiger partial charge in [-0.3, -0.25) is 4.79 Å². The van der Waals surface area contributed by atoms with Crippen molar-refractivity contribution in [1.29, 1.82) is 0 Å². The summed E-state index contributed by atoms with van der Waals surface area (Å²) < 4.78 is 8.08. The molecule has 0 spiro atoms. The molecular weight excluding hydrogens is 344 g/mol. The van der Waals surface area contributed by atoms with Crippen molar-refractivity contribution in [3.05, 3.63) is 22.7 Å². The molecule has 0 aliphatic carbocycles. The van der Waals surface area contributed by atoms with Gasteiger partial charge in [0.1, 0.15) is 0 Å². The standard InChI is InChI=1S/C13H15BrN2O3S/c1-19-6-2-5-16-11-4-3-9(14)7-10(11)15-13(16)20-8-12(17)18/h3-4,7H,2,5-6,8H2,1H3,(H,17,18). The van der Waals surface area contributed by atoms with E-state index in [0.717, 1.165) is 33.6 Å². The lowest BCUT2D eigenvalue weighted by Crippen LogP contribution is -2.05. The van der Waals surface area contributed by atoms with Gasteiger partial charge in [-0.25, -0.2) is 4.98 Å². The zero-order chi connectivity index (χ0) is 14.5. The van der Waals surface area contributed by atoms with Gasteiger partial charge >= 0.3 is 5.97 Å². The lowest BCUT2D eigenvalue weighted by molar-refractivity contribution is -0.133. The van der Waals surface area contributed by atoms with Crippen LogP contribution in [0.4, 0.5) is 0 Å². The fourth-order valence-corrected chi connectivity index (χ4v) is 3.01. The number of rotatable bonds is 7. The Kier molecular flexibility index (Phi) is 5.45.